The number of amides is 1. The summed E-state index contributed by atoms with van der Waals surface area (Å²) in [7, 11) is 0. The maximum Gasteiger partial charge on any atom is 0.227 e. The Hall–Kier alpha value is -3.89. The smallest absolute Gasteiger partial charge is 0.227 e. The van der Waals surface area contributed by atoms with Gasteiger partial charge in [-0.1, -0.05) is 85.3 Å². The summed E-state index contributed by atoms with van der Waals surface area (Å²) < 4.78 is 5.95. The zero-order valence-corrected chi connectivity index (χ0v) is 23.3. The summed E-state index contributed by atoms with van der Waals surface area (Å²) in [4.78, 5) is 15.8. The van der Waals surface area contributed by atoms with Crippen LogP contribution in [0.3, 0.4) is 0 Å². The van der Waals surface area contributed by atoms with Crippen LogP contribution in [0.25, 0.3) is 0 Å². The molecule has 1 N–H and O–H groups in total. The predicted molar refractivity (Wildman–Crippen MR) is 164 cm³/mol. The van der Waals surface area contributed by atoms with Gasteiger partial charge >= 0.3 is 0 Å². The molecule has 0 saturated carbocycles. The first-order valence-electron chi connectivity index (χ1n) is 14.7. The second-order valence-electron chi connectivity index (χ2n) is 10.8. The number of hydrogen-bond acceptors (Lipinski definition) is 3. The molecule has 0 spiro atoms. The van der Waals surface area contributed by atoms with Crippen molar-refractivity contribution in [3.05, 3.63) is 126 Å². The molecule has 40 heavy (non-hydrogen) atoms. The topological polar surface area (TPSA) is 41.6 Å². The number of ether oxygens (including phenoxy) is 1. The summed E-state index contributed by atoms with van der Waals surface area (Å²) >= 11 is 0. The van der Waals surface area contributed by atoms with Crippen LogP contribution in [0.15, 0.2) is 115 Å². The third-order valence-corrected chi connectivity index (χ3v) is 7.93. The van der Waals surface area contributed by atoms with Crippen molar-refractivity contribution in [1.82, 2.24) is 4.90 Å². The molecule has 5 rings (SSSR count). The van der Waals surface area contributed by atoms with Gasteiger partial charge in [0.15, 0.2) is 0 Å². The van der Waals surface area contributed by atoms with E-state index in [2.05, 4.69) is 58.7 Å². The molecule has 1 unspecified atom stereocenters. The molecular weight excluding hydrogens is 492 g/mol. The Morgan fingerprint density at radius 1 is 0.750 bits per heavy atom. The van der Waals surface area contributed by atoms with Gasteiger partial charge in [0.05, 0.1) is 0 Å². The van der Waals surface area contributed by atoms with E-state index in [1.165, 1.54) is 24.0 Å². The molecule has 0 aliphatic carbocycles. The molecule has 4 nitrogen and oxygen atoms in total. The third-order valence-electron chi connectivity index (χ3n) is 7.93. The molecule has 0 bridgehead atoms. The first-order valence-corrected chi connectivity index (χ1v) is 14.7. The van der Waals surface area contributed by atoms with Gasteiger partial charge in [0.25, 0.3) is 0 Å². The van der Waals surface area contributed by atoms with Crippen LogP contribution in [0, 0.1) is 5.92 Å². The molecule has 1 aliphatic heterocycles. The fraction of sp³-hybridized carbons (Fsp3) is 0.306. The van der Waals surface area contributed by atoms with Gasteiger partial charge in [0, 0.05) is 11.6 Å². The fourth-order valence-corrected chi connectivity index (χ4v) is 5.64. The number of carbonyl (C=O) groups is 1. The van der Waals surface area contributed by atoms with Gasteiger partial charge in [-0.15, -0.1) is 0 Å². The molecule has 1 aliphatic rings. The van der Waals surface area contributed by atoms with Crippen molar-refractivity contribution in [3.8, 4) is 11.5 Å². The van der Waals surface area contributed by atoms with Crippen molar-refractivity contribution in [3.63, 3.8) is 0 Å². The molecule has 4 aromatic rings. The molecule has 4 aromatic carbocycles. The van der Waals surface area contributed by atoms with Crippen LogP contribution in [0.5, 0.6) is 11.5 Å². The Morgan fingerprint density at radius 3 is 2.02 bits per heavy atom. The zero-order valence-electron chi connectivity index (χ0n) is 23.3. The Labute approximate surface area is 239 Å². The summed E-state index contributed by atoms with van der Waals surface area (Å²) in [6, 6.07) is 38.7. The first-order chi connectivity index (χ1) is 19.7. The largest absolute Gasteiger partial charge is 0.457 e. The van der Waals surface area contributed by atoms with Gasteiger partial charge in [-0.25, -0.2) is 0 Å². The van der Waals surface area contributed by atoms with Crippen LogP contribution in [-0.2, 0) is 11.2 Å². The zero-order chi connectivity index (χ0) is 27.4. The standard InChI is InChI=1S/C36H40N2O2/c39-36(37-33-15-6-2-7-16-33)32(28-29-12-4-1-5-13-29)14-10-11-25-38-26-23-31(24-27-38)30-19-21-35(22-20-30)40-34-17-8-3-9-18-34/h1-9,12-13,15-22,31-32H,10-11,14,23-28H2,(H,37,39). The van der Waals surface area contributed by atoms with E-state index in [4.69, 9.17) is 4.74 Å². The van der Waals surface area contributed by atoms with Crippen LogP contribution < -0.4 is 10.1 Å². The fourth-order valence-electron chi connectivity index (χ4n) is 5.64. The maximum absolute atomic E-state index is 13.2. The van der Waals surface area contributed by atoms with E-state index < -0.39 is 0 Å². The molecule has 206 valence electrons. The second kappa shape index (κ2) is 14.5. The lowest BCUT2D eigenvalue weighted by Crippen LogP contribution is -2.33. The van der Waals surface area contributed by atoms with E-state index in [9.17, 15) is 4.79 Å². The van der Waals surface area contributed by atoms with Crippen LogP contribution in [0.4, 0.5) is 5.69 Å². The van der Waals surface area contributed by atoms with Crippen LogP contribution in [-0.4, -0.2) is 30.4 Å². The van der Waals surface area contributed by atoms with E-state index >= 15 is 0 Å². The van der Waals surface area contributed by atoms with Crippen LogP contribution in [0.1, 0.15) is 49.1 Å². The van der Waals surface area contributed by atoms with Gasteiger partial charge in [-0.3, -0.25) is 4.79 Å². The van der Waals surface area contributed by atoms with Crippen molar-refractivity contribution in [2.45, 2.75) is 44.4 Å². The average Bonchev–Trinajstić information content (AvgIpc) is 3.01. The Kier molecular flexibility index (Phi) is 10.0. The van der Waals surface area contributed by atoms with Crippen LogP contribution >= 0.6 is 0 Å². The van der Waals surface area contributed by atoms with Gasteiger partial charge in [-0.2, -0.15) is 0 Å². The number of likely N-dealkylation sites (tertiary alicyclic amines) is 1. The number of anilines is 1. The summed E-state index contributed by atoms with van der Waals surface area (Å²) in [5, 5.41) is 3.13. The Balaban J connectivity index is 1.05. The van der Waals surface area contributed by atoms with Crippen molar-refractivity contribution in [2.24, 2.45) is 5.92 Å². The summed E-state index contributed by atoms with van der Waals surface area (Å²) in [6.45, 7) is 3.37. The van der Waals surface area contributed by atoms with E-state index in [1.54, 1.807) is 0 Å². The van der Waals surface area contributed by atoms with Gasteiger partial charge in [-0.05, 0) is 105 Å². The SMILES string of the molecule is O=C(Nc1ccccc1)C(CCCCN1CCC(c2ccc(Oc3ccccc3)cc2)CC1)Cc1ccccc1. The van der Waals surface area contributed by atoms with Crippen LogP contribution in [0.2, 0.25) is 0 Å². The molecule has 1 atom stereocenters. The van der Waals surface area contributed by atoms with E-state index in [0.717, 1.165) is 62.5 Å². The van der Waals surface area contributed by atoms with Gasteiger partial charge in [0.2, 0.25) is 5.91 Å². The molecule has 0 radical (unpaired) electrons. The van der Waals surface area contributed by atoms with E-state index in [1.807, 2.05) is 66.7 Å². The second-order valence-corrected chi connectivity index (χ2v) is 10.8. The number of piperidine rings is 1. The quantitative estimate of drug-likeness (QED) is 0.187. The highest BCUT2D eigenvalue weighted by Crippen LogP contribution is 2.30. The lowest BCUT2D eigenvalue weighted by Gasteiger charge is -2.32. The maximum atomic E-state index is 13.2. The minimum atomic E-state index is -0.0258. The molecule has 1 heterocycles. The number of para-hydroxylation sites is 2. The molecule has 1 saturated heterocycles. The Bertz CT molecular complexity index is 1290. The molecule has 1 amide bonds. The summed E-state index contributed by atoms with van der Waals surface area (Å²) in [5.74, 6) is 2.46. The predicted octanol–water partition coefficient (Wildman–Crippen LogP) is 8.33. The summed E-state index contributed by atoms with van der Waals surface area (Å²) in [5.41, 5.74) is 3.50. The highest BCUT2D eigenvalue weighted by Gasteiger charge is 2.22. The van der Waals surface area contributed by atoms with Crippen molar-refractivity contribution in [2.75, 3.05) is 25.0 Å². The average molecular weight is 533 g/mol. The number of carbonyl (C=O) groups excluding carboxylic acids is 1. The first kappa shape index (κ1) is 27.7. The molecule has 4 heteroatoms. The number of benzene rings is 4. The third kappa shape index (κ3) is 8.30. The monoisotopic (exact) mass is 532 g/mol. The minimum Gasteiger partial charge on any atom is -0.457 e. The molecule has 1 fully saturated rings. The normalized spacial score (nSPS) is 14.9. The number of nitrogens with one attached hydrogen (secondary N) is 1. The number of nitrogens with zero attached hydrogens (tertiary/aromatic N) is 1. The number of rotatable bonds is 12. The lowest BCUT2D eigenvalue weighted by molar-refractivity contribution is -0.120. The lowest BCUT2D eigenvalue weighted by atomic mass is 9.89. The van der Waals surface area contributed by atoms with Crippen molar-refractivity contribution in [1.29, 1.82) is 0 Å². The van der Waals surface area contributed by atoms with Crippen molar-refractivity contribution >= 4 is 11.6 Å². The number of hydrogen-bond donors (Lipinski definition) is 1. The van der Waals surface area contributed by atoms with Gasteiger partial charge < -0.3 is 15.0 Å². The van der Waals surface area contributed by atoms with E-state index in [0.29, 0.717) is 5.92 Å². The van der Waals surface area contributed by atoms with Gasteiger partial charge in [0.1, 0.15) is 11.5 Å². The number of unbranched alkanes of at least 4 members (excludes halogenated alkanes) is 1. The highest BCUT2D eigenvalue weighted by atomic mass is 16.5. The molecule has 0 aromatic heterocycles. The van der Waals surface area contributed by atoms with E-state index in [-0.39, 0.29) is 11.8 Å². The minimum absolute atomic E-state index is 0.0258. The Morgan fingerprint density at radius 2 is 1.35 bits per heavy atom. The summed E-state index contributed by atoms with van der Waals surface area (Å²) in [6.07, 6.45) is 6.24. The molecular formula is C36H40N2O2. The van der Waals surface area contributed by atoms with Crippen molar-refractivity contribution < 1.29 is 9.53 Å². The highest BCUT2D eigenvalue weighted by molar-refractivity contribution is 5.92.